The molecular weight excluding hydrogens is 324 g/mol. The highest BCUT2D eigenvalue weighted by Crippen LogP contribution is 2.28. The first-order chi connectivity index (χ1) is 11.7. The van der Waals surface area contributed by atoms with Gasteiger partial charge in [-0.1, -0.05) is 23.7 Å². The third kappa shape index (κ3) is 2.63. The van der Waals surface area contributed by atoms with E-state index in [1.807, 2.05) is 30.3 Å². The topological polar surface area (TPSA) is 80.3 Å². The van der Waals surface area contributed by atoms with Gasteiger partial charge in [-0.2, -0.15) is 5.26 Å². The van der Waals surface area contributed by atoms with Gasteiger partial charge in [0.1, 0.15) is 12.4 Å². The quantitative estimate of drug-likeness (QED) is 0.718. The van der Waals surface area contributed by atoms with Crippen LogP contribution in [0.4, 0.5) is 0 Å². The van der Waals surface area contributed by atoms with E-state index in [1.54, 1.807) is 4.68 Å². The maximum atomic E-state index is 8.96. The number of hydrogen-bond acceptors (Lipinski definition) is 5. The largest absolute Gasteiger partial charge is 0.252 e. The van der Waals surface area contributed by atoms with Gasteiger partial charge in [0.05, 0.1) is 0 Å². The molecule has 0 N–H and O–H groups in total. The molecule has 0 unspecified atom stereocenters. The van der Waals surface area contributed by atoms with Crippen LogP contribution in [0, 0.1) is 11.3 Å². The van der Waals surface area contributed by atoms with E-state index in [9.17, 15) is 0 Å². The van der Waals surface area contributed by atoms with E-state index < -0.39 is 0 Å². The van der Waals surface area contributed by atoms with Gasteiger partial charge in [-0.05, 0) is 37.8 Å². The van der Waals surface area contributed by atoms with Crippen molar-refractivity contribution in [3.8, 4) is 23.3 Å². The fourth-order valence-corrected chi connectivity index (χ4v) is 3.13. The fourth-order valence-electron chi connectivity index (χ4n) is 2.94. The molecule has 1 aromatic carbocycles. The van der Waals surface area contributed by atoms with Crippen LogP contribution in [0.5, 0.6) is 0 Å². The molecule has 24 heavy (non-hydrogen) atoms. The van der Waals surface area contributed by atoms with Crippen molar-refractivity contribution in [2.45, 2.75) is 25.7 Å². The molecule has 0 amide bonds. The molecule has 118 valence electrons. The molecule has 0 fully saturated rings. The van der Waals surface area contributed by atoms with E-state index in [0.29, 0.717) is 16.7 Å². The summed E-state index contributed by atoms with van der Waals surface area (Å²) in [6.45, 7) is 0. The zero-order valence-electron chi connectivity index (χ0n) is 12.8. The van der Waals surface area contributed by atoms with E-state index in [0.717, 1.165) is 42.5 Å². The monoisotopic (exact) mass is 336 g/mol. The van der Waals surface area contributed by atoms with Crippen LogP contribution in [-0.4, -0.2) is 24.7 Å². The Hall–Kier alpha value is -2.78. The van der Waals surface area contributed by atoms with Gasteiger partial charge in [0.2, 0.25) is 0 Å². The molecule has 4 rings (SSSR count). The molecule has 0 saturated carbocycles. The van der Waals surface area contributed by atoms with Gasteiger partial charge in [0.15, 0.2) is 11.6 Å². The Morgan fingerprint density at radius 1 is 1.17 bits per heavy atom. The van der Waals surface area contributed by atoms with Gasteiger partial charge in [-0.25, -0.2) is 19.6 Å². The first-order valence-electron chi connectivity index (χ1n) is 7.72. The van der Waals surface area contributed by atoms with Crippen LogP contribution in [0.3, 0.4) is 0 Å². The summed E-state index contributed by atoms with van der Waals surface area (Å²) in [6, 6.07) is 9.42. The number of rotatable bonds is 2. The van der Waals surface area contributed by atoms with Crippen molar-refractivity contribution in [1.29, 1.82) is 5.26 Å². The summed E-state index contributed by atoms with van der Waals surface area (Å²) in [5.74, 6) is 1.44. The molecule has 0 radical (unpaired) electrons. The zero-order valence-corrected chi connectivity index (χ0v) is 13.5. The summed E-state index contributed by atoms with van der Waals surface area (Å²) < 4.78 is 1.57. The van der Waals surface area contributed by atoms with Crippen LogP contribution in [0.15, 0.2) is 30.6 Å². The number of aryl methyl sites for hydroxylation is 1. The van der Waals surface area contributed by atoms with E-state index >= 15 is 0 Å². The second kappa shape index (κ2) is 6.02. The van der Waals surface area contributed by atoms with Gasteiger partial charge in [-0.3, -0.25) is 0 Å². The van der Waals surface area contributed by atoms with Gasteiger partial charge < -0.3 is 0 Å². The van der Waals surface area contributed by atoms with Crippen LogP contribution >= 0.6 is 11.6 Å². The highest BCUT2D eigenvalue weighted by atomic mass is 35.5. The van der Waals surface area contributed by atoms with Crippen molar-refractivity contribution >= 4 is 11.6 Å². The smallest absolute Gasteiger partial charge is 0.233 e. The standard InChI is InChI=1S/C17H13ClN6/c18-12-5-3-4-11(8-12)16-21-14-7-2-1-6-13(14)17(22-16)24-10-20-15(9-19)23-24/h3-5,8,10H,1-2,6-7H2. The third-order valence-corrected chi connectivity index (χ3v) is 4.29. The highest BCUT2D eigenvalue weighted by Gasteiger charge is 2.20. The number of nitriles is 1. The lowest BCUT2D eigenvalue weighted by Gasteiger charge is -2.18. The van der Waals surface area contributed by atoms with Crippen molar-refractivity contribution in [2.75, 3.05) is 0 Å². The first kappa shape index (κ1) is 14.8. The number of fused-ring (bicyclic) bond motifs is 1. The Kier molecular flexibility index (Phi) is 3.71. The Morgan fingerprint density at radius 3 is 2.83 bits per heavy atom. The van der Waals surface area contributed by atoms with E-state index in [1.165, 1.54) is 6.33 Å². The van der Waals surface area contributed by atoms with Crippen LogP contribution in [0.2, 0.25) is 5.02 Å². The molecule has 0 bridgehead atoms. The number of aromatic nitrogens is 5. The number of nitrogens with zero attached hydrogens (tertiary/aromatic N) is 6. The molecule has 2 heterocycles. The molecule has 0 atom stereocenters. The summed E-state index contributed by atoms with van der Waals surface area (Å²) >= 11 is 6.10. The van der Waals surface area contributed by atoms with E-state index in [4.69, 9.17) is 26.8 Å². The van der Waals surface area contributed by atoms with Crippen LogP contribution < -0.4 is 0 Å². The summed E-state index contributed by atoms with van der Waals surface area (Å²) in [4.78, 5) is 13.4. The zero-order chi connectivity index (χ0) is 16.5. The molecule has 3 aromatic rings. The average molecular weight is 337 g/mol. The number of halogens is 1. The Bertz CT molecular complexity index is 956. The molecule has 2 aromatic heterocycles. The Morgan fingerprint density at radius 2 is 2.04 bits per heavy atom. The lowest BCUT2D eigenvalue weighted by molar-refractivity contribution is 0.651. The van der Waals surface area contributed by atoms with Gasteiger partial charge >= 0.3 is 0 Å². The summed E-state index contributed by atoms with van der Waals surface area (Å²) in [5, 5.41) is 13.8. The van der Waals surface area contributed by atoms with Crippen molar-refractivity contribution in [3.05, 3.63) is 52.7 Å². The van der Waals surface area contributed by atoms with E-state index in [-0.39, 0.29) is 5.82 Å². The predicted octanol–water partition coefficient (Wildman–Crippen LogP) is 3.13. The van der Waals surface area contributed by atoms with Crippen molar-refractivity contribution in [1.82, 2.24) is 24.7 Å². The normalized spacial score (nSPS) is 13.3. The fraction of sp³-hybridized carbons (Fsp3) is 0.235. The second-order valence-corrected chi connectivity index (χ2v) is 6.07. The van der Waals surface area contributed by atoms with Crippen molar-refractivity contribution in [3.63, 3.8) is 0 Å². The second-order valence-electron chi connectivity index (χ2n) is 5.64. The highest BCUT2D eigenvalue weighted by molar-refractivity contribution is 6.30. The first-order valence-corrected chi connectivity index (χ1v) is 8.10. The minimum Gasteiger partial charge on any atom is -0.233 e. The maximum absolute atomic E-state index is 8.96. The van der Waals surface area contributed by atoms with Gasteiger partial charge in [0.25, 0.3) is 5.82 Å². The molecular formula is C17H13ClN6. The number of benzene rings is 1. The van der Waals surface area contributed by atoms with Gasteiger partial charge in [0, 0.05) is 21.8 Å². The minimum absolute atomic E-state index is 0.127. The minimum atomic E-state index is 0.127. The Labute approximate surface area is 143 Å². The average Bonchev–Trinajstić information content (AvgIpc) is 3.10. The third-order valence-electron chi connectivity index (χ3n) is 4.05. The van der Waals surface area contributed by atoms with Gasteiger partial charge in [-0.15, -0.1) is 5.10 Å². The summed E-state index contributed by atoms with van der Waals surface area (Å²) in [7, 11) is 0. The number of hydrogen-bond donors (Lipinski definition) is 0. The molecule has 1 aliphatic carbocycles. The molecule has 1 aliphatic rings. The van der Waals surface area contributed by atoms with Crippen LogP contribution in [0.1, 0.15) is 29.9 Å². The molecule has 0 spiro atoms. The summed E-state index contributed by atoms with van der Waals surface area (Å²) in [5.41, 5.74) is 2.98. The SMILES string of the molecule is N#Cc1ncn(-c2nc(-c3cccc(Cl)c3)nc3c2CCCC3)n1. The van der Waals surface area contributed by atoms with E-state index in [2.05, 4.69) is 10.1 Å². The lowest BCUT2D eigenvalue weighted by atomic mass is 9.96. The predicted molar refractivity (Wildman–Crippen MR) is 88.8 cm³/mol. The van der Waals surface area contributed by atoms with Crippen molar-refractivity contribution in [2.24, 2.45) is 0 Å². The van der Waals surface area contributed by atoms with Crippen LogP contribution in [0.25, 0.3) is 17.2 Å². The molecule has 0 aliphatic heterocycles. The lowest BCUT2D eigenvalue weighted by Crippen LogP contribution is -2.14. The van der Waals surface area contributed by atoms with Crippen LogP contribution in [-0.2, 0) is 12.8 Å². The molecule has 6 nitrogen and oxygen atoms in total. The Balaban J connectivity index is 1.91. The molecule has 7 heteroatoms. The van der Waals surface area contributed by atoms with Crippen molar-refractivity contribution < 1.29 is 0 Å². The summed E-state index contributed by atoms with van der Waals surface area (Å²) in [6.07, 6.45) is 5.55. The molecule has 0 saturated heterocycles. The maximum Gasteiger partial charge on any atom is 0.252 e.